The zero-order chi connectivity index (χ0) is 39.8. The van der Waals surface area contributed by atoms with Gasteiger partial charge in [0, 0.05) is 28.0 Å². The van der Waals surface area contributed by atoms with Crippen LogP contribution in [0, 0.1) is 0 Å². The molecule has 294 valence electrons. The fourth-order valence-corrected chi connectivity index (χ4v) is 14.0. The van der Waals surface area contributed by atoms with Gasteiger partial charge in [0.1, 0.15) is 22.6 Å². The van der Waals surface area contributed by atoms with E-state index in [9.17, 15) is 32.5 Å². The van der Waals surface area contributed by atoms with Crippen LogP contribution in [0.5, 0.6) is 0 Å². The number of hydrogen-bond donors (Lipinski definition) is 3. The zero-order valence-electron chi connectivity index (χ0n) is 29.7. The molecule has 12 nitrogen and oxygen atoms in total. The number of anilines is 1. The Hall–Kier alpha value is -3.60. The largest absolute Gasteiger partial charge is 0.479 e. The Bertz CT molecular complexity index is 2050. The third kappa shape index (κ3) is 7.02. The highest BCUT2D eigenvalue weighted by Crippen LogP contribution is 2.55. The molecule has 3 aliphatic heterocycles. The molecule has 56 heavy (non-hydrogen) atoms. The smallest absolute Gasteiger partial charge is 0.407 e. The van der Waals surface area contributed by atoms with Crippen LogP contribution in [0.15, 0.2) is 102 Å². The van der Waals surface area contributed by atoms with Gasteiger partial charge in [-0.3, -0.25) is 23.6 Å². The van der Waals surface area contributed by atoms with E-state index in [1.807, 2.05) is 97.9 Å². The molecule has 0 saturated carbocycles. The van der Waals surface area contributed by atoms with E-state index in [2.05, 4.69) is 53.1 Å². The summed E-state index contributed by atoms with van der Waals surface area (Å²) in [5, 5.41) is 20.7. The lowest BCUT2D eigenvalue weighted by molar-refractivity contribution is -0.166. The minimum absolute atomic E-state index is 0.0656. The van der Waals surface area contributed by atoms with Gasteiger partial charge in [0.25, 0.3) is 11.8 Å². The molecule has 3 fully saturated rings. The summed E-state index contributed by atoms with van der Waals surface area (Å²) >= 11 is 4.92. The first-order chi connectivity index (χ1) is 26.8. The highest BCUT2D eigenvalue weighted by Gasteiger charge is 2.74. The number of carbonyl (C=O) groups is 3. The Morgan fingerprint density at radius 3 is 2.04 bits per heavy atom. The predicted octanol–water partition coefficient (Wildman–Crippen LogP) is 5.78. The Morgan fingerprint density at radius 2 is 1.54 bits per heavy atom. The van der Waals surface area contributed by atoms with Crippen molar-refractivity contribution in [2.75, 3.05) is 24.2 Å². The minimum atomic E-state index is -3.38. The first-order valence-electron chi connectivity index (χ1n) is 17.6. The second-order valence-electron chi connectivity index (χ2n) is 13.6. The van der Waals surface area contributed by atoms with Gasteiger partial charge in [-0.05, 0) is 72.1 Å². The molecule has 0 aliphatic carbocycles. The van der Waals surface area contributed by atoms with E-state index in [1.165, 1.54) is 5.38 Å². The van der Waals surface area contributed by atoms with Crippen molar-refractivity contribution in [1.82, 2.24) is 20.1 Å². The summed E-state index contributed by atoms with van der Waals surface area (Å²) in [5.74, 6) is -3.20. The van der Waals surface area contributed by atoms with E-state index in [0.717, 1.165) is 58.9 Å². The summed E-state index contributed by atoms with van der Waals surface area (Å²) in [6, 6.07) is 27.2. The molecule has 3 N–H and O–H groups in total. The van der Waals surface area contributed by atoms with Crippen LogP contribution in [0.25, 0.3) is 0 Å². The summed E-state index contributed by atoms with van der Waals surface area (Å²) in [6.07, 6.45) is 1.90. The monoisotopic (exact) mass is 1030 g/mol. The number of alkyl halides is 4. The molecule has 1 aromatic heterocycles. The Kier molecular flexibility index (Phi) is 11.8. The minimum Gasteiger partial charge on any atom is -0.479 e. The summed E-state index contributed by atoms with van der Waals surface area (Å²) in [5.41, 5.74) is 0.819. The number of nitrogens with one attached hydrogen (secondary N) is 2. The van der Waals surface area contributed by atoms with Crippen molar-refractivity contribution < 1.29 is 37.3 Å². The number of carbonyl (C=O) groups excluding carboxylic acids is 2. The van der Waals surface area contributed by atoms with E-state index in [-0.39, 0.29) is 17.5 Å². The van der Waals surface area contributed by atoms with Gasteiger partial charge < -0.3 is 20.6 Å². The van der Waals surface area contributed by atoms with Gasteiger partial charge in [0.15, 0.2) is 10.8 Å². The van der Waals surface area contributed by atoms with Gasteiger partial charge in [-0.15, -0.1) is 11.3 Å². The standard InChI is InChI=1S/C38H36F2I2N6O6S2/c1-23(47-19-11-12-20-47)36(41)22-56(53)32-29(31(50)48(32)38(36,42)33(51)52)44-30(49)28(46-54-34(39)40)27-21-55-35(43-27)45-37(24-13-5-2-6-14-24,25-15-7-3-8-16-25)26-17-9-4-10-18-26/h2-10,13-18,21,23,29,32,34H,11-12,19-20,22H2,1H3,(H,43,45)(H,44,49)(H,51,52)/t23?,29?,32-,36?,38?,56?/m0/s1. The number of hydrogen-bond acceptors (Lipinski definition) is 10. The van der Waals surface area contributed by atoms with Crippen molar-refractivity contribution in [2.24, 2.45) is 5.16 Å². The van der Waals surface area contributed by atoms with E-state index < -0.39 is 64.8 Å². The van der Waals surface area contributed by atoms with Crippen LogP contribution in [-0.4, -0.2) is 97.5 Å². The molecule has 4 aromatic rings. The average molecular weight is 1030 g/mol. The number of halogens is 4. The van der Waals surface area contributed by atoms with E-state index >= 15 is 0 Å². The maximum absolute atomic E-state index is 14.0. The average Bonchev–Trinajstić information content (AvgIpc) is 3.91. The van der Waals surface area contributed by atoms with E-state index in [4.69, 9.17) is 0 Å². The molecule has 3 aromatic carbocycles. The normalized spacial score (nSPS) is 26.0. The second-order valence-corrected chi connectivity index (χ2v) is 19.5. The molecule has 3 aliphatic rings. The Morgan fingerprint density at radius 1 is 1.00 bits per heavy atom. The van der Waals surface area contributed by atoms with Gasteiger partial charge in [0.2, 0.25) is 3.55 Å². The summed E-state index contributed by atoms with van der Waals surface area (Å²) in [4.78, 5) is 53.0. The number of benzene rings is 3. The number of fused-ring (bicyclic) bond motifs is 1. The van der Waals surface area contributed by atoms with Crippen molar-refractivity contribution in [3.8, 4) is 0 Å². The zero-order valence-corrected chi connectivity index (χ0v) is 35.6. The quantitative estimate of drug-likeness (QED) is 0.0288. The van der Waals surface area contributed by atoms with Crippen LogP contribution >= 0.6 is 56.5 Å². The maximum Gasteiger partial charge on any atom is 0.407 e. The number of aromatic nitrogens is 1. The fraction of sp³-hybridized carbons (Fsp3) is 0.342. The van der Waals surface area contributed by atoms with E-state index in [0.29, 0.717) is 5.13 Å². The molecule has 4 heterocycles. The van der Waals surface area contributed by atoms with Gasteiger partial charge in [-0.2, -0.15) is 8.78 Å². The number of β-lactam (4-membered cyclic amide) rings is 1. The van der Waals surface area contributed by atoms with Crippen molar-refractivity contribution in [1.29, 1.82) is 0 Å². The third-order valence-corrected chi connectivity index (χ3v) is 18.6. The van der Waals surface area contributed by atoms with Crippen LogP contribution in [0.3, 0.4) is 0 Å². The number of likely N-dealkylation sites (tertiary alicyclic amines) is 1. The molecule has 6 atom stereocenters. The SMILES string of the molecule is CC(N1CCCC1)C1(I)CS(=O)[C@H]2C(NC(=O)C(=NOC(F)F)c3csc(NC(c4ccccc4)(c4ccccc4)c4ccccc4)n3)C(=O)N2C1(I)C(=O)O. The molecule has 2 amide bonds. The molecule has 5 unspecified atom stereocenters. The van der Waals surface area contributed by atoms with Crippen LogP contribution in [-0.2, 0) is 35.6 Å². The van der Waals surface area contributed by atoms with Crippen LogP contribution in [0.1, 0.15) is 42.1 Å². The molecule has 3 saturated heterocycles. The first-order valence-corrected chi connectivity index (χ1v) is 22.0. The van der Waals surface area contributed by atoms with Crippen LogP contribution < -0.4 is 10.6 Å². The molecule has 7 rings (SSSR count). The summed E-state index contributed by atoms with van der Waals surface area (Å²) in [7, 11) is -1.81. The number of nitrogens with zero attached hydrogens (tertiary/aromatic N) is 4. The number of amides is 2. The third-order valence-electron chi connectivity index (χ3n) is 10.6. The predicted molar refractivity (Wildman–Crippen MR) is 226 cm³/mol. The maximum atomic E-state index is 14.0. The van der Waals surface area contributed by atoms with Crippen molar-refractivity contribution in [3.63, 3.8) is 0 Å². The van der Waals surface area contributed by atoms with Gasteiger partial charge in [-0.25, -0.2) is 9.78 Å². The van der Waals surface area contributed by atoms with Crippen LogP contribution in [0.2, 0.25) is 0 Å². The highest BCUT2D eigenvalue weighted by atomic mass is 127. The van der Waals surface area contributed by atoms with Gasteiger partial charge >= 0.3 is 12.6 Å². The Labute approximate surface area is 355 Å². The molecule has 0 spiro atoms. The lowest BCUT2D eigenvalue weighted by atomic mass is 9.77. The number of rotatable bonds is 13. The Balaban J connectivity index is 1.19. The van der Waals surface area contributed by atoms with E-state index in [1.54, 1.807) is 22.6 Å². The molecule has 18 heteroatoms. The van der Waals surface area contributed by atoms with Crippen molar-refractivity contribution >= 4 is 95.9 Å². The van der Waals surface area contributed by atoms with Crippen LogP contribution in [0.4, 0.5) is 13.9 Å². The molecule has 0 radical (unpaired) electrons. The molecular formula is C38H36F2I2N6O6S2. The fourth-order valence-electron chi connectivity index (χ4n) is 7.77. The first kappa shape index (κ1) is 40.6. The van der Waals surface area contributed by atoms with Crippen molar-refractivity contribution in [3.05, 3.63) is 119 Å². The summed E-state index contributed by atoms with van der Waals surface area (Å²) in [6.45, 7) is 0.0148. The number of oxime groups is 1. The van der Waals surface area contributed by atoms with Crippen molar-refractivity contribution in [2.45, 2.75) is 56.3 Å². The number of aliphatic carboxylic acids is 1. The molecular weight excluding hydrogens is 992 g/mol. The highest BCUT2D eigenvalue weighted by molar-refractivity contribution is 14.1. The number of carboxylic acid groups (broad SMARTS) is 1. The lowest BCUT2D eigenvalue weighted by Gasteiger charge is -2.62. The topological polar surface area (TPSA) is 154 Å². The number of carboxylic acids is 1. The van der Waals surface area contributed by atoms with Gasteiger partial charge in [0.05, 0.1) is 3.42 Å². The van der Waals surface area contributed by atoms with Gasteiger partial charge in [-0.1, -0.05) is 119 Å². The summed E-state index contributed by atoms with van der Waals surface area (Å²) < 4.78 is 37.8. The lowest BCUT2D eigenvalue weighted by Crippen LogP contribution is -2.86. The second kappa shape index (κ2) is 16.3. The number of thiazole rings is 1. The molecule has 0 bridgehead atoms.